The maximum Gasteiger partial charge on any atom is 0.241 e. The fourth-order valence-electron chi connectivity index (χ4n) is 1.33. The Labute approximate surface area is 116 Å². The molecule has 7 heteroatoms. The van der Waals surface area contributed by atoms with Gasteiger partial charge in [-0.1, -0.05) is 6.07 Å². The van der Waals surface area contributed by atoms with Crippen LogP contribution in [-0.4, -0.2) is 25.7 Å². The third kappa shape index (κ3) is 3.57. The third-order valence-corrected chi connectivity index (χ3v) is 5.37. The van der Waals surface area contributed by atoms with Crippen molar-refractivity contribution in [3.8, 4) is 0 Å². The molecular weight excluding hydrogens is 300 g/mol. The van der Waals surface area contributed by atoms with E-state index in [9.17, 15) is 12.8 Å². The van der Waals surface area contributed by atoms with E-state index >= 15 is 0 Å². The van der Waals surface area contributed by atoms with E-state index in [4.69, 9.17) is 23.2 Å². The Bertz CT molecular complexity index is 530. The van der Waals surface area contributed by atoms with Crippen molar-refractivity contribution in [2.24, 2.45) is 0 Å². The van der Waals surface area contributed by atoms with Crippen molar-refractivity contribution in [2.45, 2.75) is 24.3 Å². The molecule has 0 radical (unpaired) electrons. The first-order valence-corrected chi connectivity index (χ1v) is 7.71. The molecule has 3 nitrogen and oxygen atoms in total. The molecule has 0 unspecified atom stereocenters. The molecule has 0 spiro atoms. The van der Waals surface area contributed by atoms with Crippen molar-refractivity contribution in [3.05, 3.63) is 29.6 Å². The van der Waals surface area contributed by atoms with Gasteiger partial charge >= 0.3 is 0 Å². The number of nitrogens with one attached hydrogen (secondary N) is 1. The Balaban J connectivity index is 3.18. The summed E-state index contributed by atoms with van der Waals surface area (Å²) < 4.78 is 39.8. The van der Waals surface area contributed by atoms with E-state index in [1.165, 1.54) is 12.1 Å². The smallest absolute Gasteiger partial charge is 0.207 e. The van der Waals surface area contributed by atoms with Crippen LogP contribution < -0.4 is 4.72 Å². The SMILES string of the molecule is Cc1ccc(F)cc1S(=O)(=O)NC(C)(CCl)CCl. The molecule has 0 saturated carbocycles. The Morgan fingerprint density at radius 2 is 1.89 bits per heavy atom. The monoisotopic (exact) mass is 313 g/mol. The second-order valence-electron chi connectivity index (χ2n) is 4.34. The zero-order valence-corrected chi connectivity index (χ0v) is 12.3. The van der Waals surface area contributed by atoms with Gasteiger partial charge < -0.3 is 0 Å². The van der Waals surface area contributed by atoms with Gasteiger partial charge in [-0.15, -0.1) is 23.2 Å². The van der Waals surface area contributed by atoms with Gasteiger partial charge in [0.25, 0.3) is 0 Å². The fraction of sp³-hybridized carbons (Fsp3) is 0.455. The number of hydrogen-bond acceptors (Lipinski definition) is 2. The molecule has 102 valence electrons. The summed E-state index contributed by atoms with van der Waals surface area (Å²) in [4.78, 5) is -0.107. The highest BCUT2D eigenvalue weighted by Crippen LogP contribution is 2.20. The molecule has 0 saturated heterocycles. The van der Waals surface area contributed by atoms with E-state index < -0.39 is 21.4 Å². The molecule has 1 N–H and O–H groups in total. The molecule has 0 fully saturated rings. The number of benzene rings is 1. The molecule has 0 heterocycles. The summed E-state index contributed by atoms with van der Waals surface area (Å²) in [5, 5.41) is 0. The largest absolute Gasteiger partial charge is 0.241 e. The molecule has 0 aromatic heterocycles. The first-order chi connectivity index (χ1) is 8.24. The summed E-state index contributed by atoms with van der Waals surface area (Å²) in [6, 6.07) is 3.58. The lowest BCUT2D eigenvalue weighted by molar-refractivity contribution is 0.499. The second kappa shape index (κ2) is 5.74. The predicted molar refractivity (Wildman–Crippen MR) is 71.3 cm³/mol. The zero-order chi connectivity index (χ0) is 14.0. The van der Waals surface area contributed by atoms with E-state index in [0.717, 1.165) is 6.07 Å². The summed E-state index contributed by atoms with van der Waals surface area (Å²) in [5.41, 5.74) is -0.517. The number of sulfonamides is 1. The maximum atomic E-state index is 13.1. The molecule has 0 aliphatic heterocycles. The molecule has 0 aliphatic rings. The zero-order valence-electron chi connectivity index (χ0n) is 10.0. The second-order valence-corrected chi connectivity index (χ2v) is 6.53. The Morgan fingerprint density at radius 1 is 1.33 bits per heavy atom. The highest BCUT2D eigenvalue weighted by molar-refractivity contribution is 7.89. The van der Waals surface area contributed by atoms with Gasteiger partial charge in [-0.25, -0.2) is 17.5 Å². The van der Waals surface area contributed by atoms with Gasteiger partial charge in [-0.3, -0.25) is 0 Å². The van der Waals surface area contributed by atoms with Crippen LogP contribution in [0.5, 0.6) is 0 Å². The molecule has 1 aromatic carbocycles. The van der Waals surface area contributed by atoms with Crippen LogP contribution in [0.4, 0.5) is 4.39 Å². The normalized spacial score (nSPS) is 12.7. The summed E-state index contributed by atoms with van der Waals surface area (Å²) in [6.07, 6.45) is 0. The molecule has 0 bridgehead atoms. The lowest BCUT2D eigenvalue weighted by atomic mass is 10.1. The van der Waals surface area contributed by atoms with Crippen LogP contribution in [-0.2, 0) is 10.0 Å². The molecule has 1 aromatic rings. The average Bonchev–Trinajstić information content (AvgIpc) is 2.31. The van der Waals surface area contributed by atoms with Gasteiger partial charge in [0.15, 0.2) is 0 Å². The van der Waals surface area contributed by atoms with E-state index in [1.54, 1.807) is 13.8 Å². The maximum absolute atomic E-state index is 13.1. The van der Waals surface area contributed by atoms with E-state index in [1.807, 2.05) is 0 Å². The lowest BCUT2D eigenvalue weighted by Crippen LogP contribution is -2.49. The number of rotatable bonds is 5. The highest BCUT2D eigenvalue weighted by atomic mass is 35.5. The van der Waals surface area contributed by atoms with E-state index in [2.05, 4.69) is 4.72 Å². The first kappa shape index (κ1) is 15.7. The van der Waals surface area contributed by atoms with Crippen LogP contribution in [0.3, 0.4) is 0 Å². The molecule has 0 amide bonds. The van der Waals surface area contributed by atoms with Crippen LogP contribution in [0.25, 0.3) is 0 Å². The Morgan fingerprint density at radius 3 is 2.39 bits per heavy atom. The first-order valence-electron chi connectivity index (χ1n) is 5.16. The highest BCUT2D eigenvalue weighted by Gasteiger charge is 2.30. The van der Waals surface area contributed by atoms with Gasteiger partial charge in [-0.05, 0) is 31.5 Å². The Hall–Kier alpha value is -0.360. The van der Waals surface area contributed by atoms with Crippen LogP contribution in [0, 0.1) is 12.7 Å². The summed E-state index contributed by atoms with van der Waals surface area (Å²) in [6.45, 7) is 3.17. The van der Waals surface area contributed by atoms with E-state index in [0.29, 0.717) is 5.56 Å². The van der Waals surface area contributed by atoms with Crippen LogP contribution >= 0.6 is 23.2 Å². The van der Waals surface area contributed by atoms with Crippen LogP contribution in [0.15, 0.2) is 23.1 Å². The topological polar surface area (TPSA) is 46.2 Å². The lowest BCUT2D eigenvalue weighted by Gasteiger charge is -2.25. The van der Waals surface area contributed by atoms with Gasteiger partial charge in [0, 0.05) is 11.8 Å². The minimum absolute atomic E-state index is 0.0179. The molecular formula is C11H14Cl2FNO2S. The Kier molecular flexibility index (Phi) is 5.00. The fourth-order valence-corrected chi connectivity index (χ4v) is 3.57. The number of alkyl halides is 2. The number of aryl methyl sites for hydroxylation is 1. The average molecular weight is 314 g/mol. The number of halogens is 3. The summed E-state index contributed by atoms with van der Waals surface area (Å²) >= 11 is 11.4. The predicted octanol–water partition coefficient (Wildman–Crippen LogP) is 2.65. The third-order valence-electron chi connectivity index (χ3n) is 2.41. The molecule has 18 heavy (non-hydrogen) atoms. The quantitative estimate of drug-likeness (QED) is 0.849. The van der Waals surface area contributed by atoms with E-state index in [-0.39, 0.29) is 16.7 Å². The van der Waals surface area contributed by atoms with Gasteiger partial charge in [-0.2, -0.15) is 0 Å². The molecule has 0 atom stereocenters. The summed E-state index contributed by atoms with van der Waals surface area (Å²) in [7, 11) is -3.85. The van der Waals surface area contributed by atoms with Crippen molar-refractivity contribution in [3.63, 3.8) is 0 Å². The minimum atomic E-state index is -3.85. The molecule has 1 rings (SSSR count). The minimum Gasteiger partial charge on any atom is -0.207 e. The van der Waals surface area contributed by atoms with Crippen molar-refractivity contribution in [2.75, 3.05) is 11.8 Å². The van der Waals surface area contributed by atoms with Gasteiger partial charge in [0.1, 0.15) is 5.82 Å². The van der Waals surface area contributed by atoms with Crippen molar-refractivity contribution in [1.82, 2.24) is 4.72 Å². The van der Waals surface area contributed by atoms with Gasteiger partial charge in [0.05, 0.1) is 10.4 Å². The standard InChI is InChI=1S/C11H14Cl2FNO2S/c1-8-3-4-9(14)5-10(8)18(16,17)15-11(2,6-12)7-13/h3-5,15H,6-7H2,1-2H3. The van der Waals surface area contributed by atoms with Gasteiger partial charge in [0.2, 0.25) is 10.0 Å². The summed E-state index contributed by atoms with van der Waals surface area (Å²) in [5.74, 6) is -0.576. The van der Waals surface area contributed by atoms with Crippen molar-refractivity contribution in [1.29, 1.82) is 0 Å². The number of hydrogen-bond donors (Lipinski definition) is 1. The van der Waals surface area contributed by atoms with Crippen LogP contribution in [0.1, 0.15) is 12.5 Å². The van der Waals surface area contributed by atoms with Crippen molar-refractivity contribution < 1.29 is 12.8 Å². The van der Waals surface area contributed by atoms with Crippen molar-refractivity contribution >= 4 is 33.2 Å². The van der Waals surface area contributed by atoms with Crippen LogP contribution in [0.2, 0.25) is 0 Å². The molecule has 0 aliphatic carbocycles.